The lowest BCUT2D eigenvalue weighted by Crippen LogP contribution is -2.37. The average molecular weight is 224 g/mol. The van der Waals surface area contributed by atoms with Crippen LogP contribution in [0.15, 0.2) is 6.20 Å². The van der Waals surface area contributed by atoms with E-state index in [9.17, 15) is 10.1 Å². The third-order valence-corrected chi connectivity index (χ3v) is 3.57. The Morgan fingerprint density at radius 2 is 2.19 bits per heavy atom. The molecule has 88 valence electrons. The predicted octanol–water partition coefficient (Wildman–Crippen LogP) is 1.48. The van der Waals surface area contributed by atoms with Gasteiger partial charge in [0.05, 0.1) is 11.8 Å². The van der Waals surface area contributed by atoms with Gasteiger partial charge in [0.15, 0.2) is 0 Å². The quantitative estimate of drug-likeness (QED) is 0.600. The largest absolute Gasteiger partial charge is 0.358 e. The van der Waals surface area contributed by atoms with Crippen molar-refractivity contribution >= 4 is 5.82 Å². The second kappa shape index (κ2) is 4.21. The first kappa shape index (κ1) is 11.1. The molecule has 1 fully saturated rings. The molecule has 0 radical (unpaired) electrons. The third kappa shape index (κ3) is 1.69. The molecule has 6 heteroatoms. The molecule has 0 aromatic carbocycles. The van der Waals surface area contributed by atoms with E-state index in [1.54, 1.807) is 6.20 Å². The molecule has 1 aromatic rings. The highest BCUT2D eigenvalue weighted by molar-refractivity contribution is 5.38. The lowest BCUT2D eigenvalue weighted by Gasteiger charge is -2.34. The van der Waals surface area contributed by atoms with Crippen LogP contribution in [0, 0.1) is 10.1 Å². The van der Waals surface area contributed by atoms with E-state index in [1.807, 2.05) is 0 Å². The van der Waals surface area contributed by atoms with E-state index in [0.717, 1.165) is 25.7 Å². The van der Waals surface area contributed by atoms with Gasteiger partial charge < -0.3 is 15.8 Å². The fraction of sp³-hybridized carbons (Fsp3) is 0.700. The van der Waals surface area contributed by atoms with Gasteiger partial charge in [0.1, 0.15) is 0 Å². The summed E-state index contributed by atoms with van der Waals surface area (Å²) in [7, 11) is 0. The molecule has 1 aromatic heterocycles. The maximum absolute atomic E-state index is 10.9. The van der Waals surface area contributed by atoms with Gasteiger partial charge >= 0.3 is 5.82 Å². The number of nitrogens with two attached hydrogens (primary N) is 1. The number of aromatic amines is 1. The van der Waals surface area contributed by atoms with Crippen LogP contribution in [0.1, 0.15) is 37.7 Å². The van der Waals surface area contributed by atoms with Gasteiger partial charge in [-0.2, -0.15) is 0 Å². The molecule has 2 rings (SSSR count). The molecular formula is C10H16N4O2. The second-order valence-electron chi connectivity index (χ2n) is 4.43. The van der Waals surface area contributed by atoms with E-state index in [1.165, 1.54) is 6.42 Å². The maximum Gasteiger partial charge on any atom is 0.346 e. The van der Waals surface area contributed by atoms with E-state index in [2.05, 4.69) is 10.2 Å². The van der Waals surface area contributed by atoms with Crippen LogP contribution in [0.4, 0.5) is 5.82 Å². The summed E-state index contributed by atoms with van der Waals surface area (Å²) in [5.74, 6) is 0.00681. The Bertz CT molecular complexity index is 382. The van der Waals surface area contributed by atoms with Crippen molar-refractivity contribution < 1.29 is 4.92 Å². The Morgan fingerprint density at radius 3 is 2.75 bits per heavy atom. The molecule has 1 aliphatic rings. The fourth-order valence-electron chi connectivity index (χ4n) is 2.62. The molecule has 0 aliphatic heterocycles. The van der Waals surface area contributed by atoms with Crippen LogP contribution in [-0.2, 0) is 5.41 Å². The van der Waals surface area contributed by atoms with E-state index >= 15 is 0 Å². The summed E-state index contributed by atoms with van der Waals surface area (Å²) < 4.78 is 0. The third-order valence-electron chi connectivity index (χ3n) is 3.57. The average Bonchev–Trinajstić information content (AvgIpc) is 2.79. The van der Waals surface area contributed by atoms with Crippen LogP contribution < -0.4 is 5.73 Å². The number of nitrogens with one attached hydrogen (secondary N) is 1. The summed E-state index contributed by atoms with van der Waals surface area (Å²) in [6.07, 6.45) is 6.76. The van der Waals surface area contributed by atoms with Crippen LogP contribution in [0.3, 0.4) is 0 Å². The van der Waals surface area contributed by atoms with Gasteiger partial charge in [-0.05, 0) is 17.8 Å². The lowest BCUT2D eigenvalue weighted by molar-refractivity contribution is -0.390. The predicted molar refractivity (Wildman–Crippen MR) is 59.1 cm³/mol. The van der Waals surface area contributed by atoms with Gasteiger partial charge in [0.25, 0.3) is 0 Å². The monoisotopic (exact) mass is 224 g/mol. The minimum absolute atomic E-state index is 0.00681. The number of rotatable bonds is 3. The van der Waals surface area contributed by atoms with E-state index in [0.29, 0.717) is 12.1 Å². The highest BCUT2D eigenvalue weighted by Crippen LogP contribution is 2.41. The minimum atomic E-state index is -0.408. The molecule has 3 N–H and O–H groups in total. The Kier molecular flexibility index (Phi) is 2.91. The zero-order valence-corrected chi connectivity index (χ0v) is 9.11. The molecule has 16 heavy (non-hydrogen) atoms. The van der Waals surface area contributed by atoms with Gasteiger partial charge in [-0.25, -0.2) is 0 Å². The van der Waals surface area contributed by atoms with E-state index in [4.69, 9.17) is 5.73 Å². The van der Waals surface area contributed by atoms with E-state index in [-0.39, 0.29) is 11.2 Å². The molecule has 1 aliphatic carbocycles. The molecule has 0 bridgehead atoms. The fourth-order valence-corrected chi connectivity index (χ4v) is 2.62. The van der Waals surface area contributed by atoms with Crippen LogP contribution in [0.5, 0.6) is 0 Å². The zero-order chi connectivity index (χ0) is 11.6. The molecule has 0 atom stereocenters. The molecule has 0 spiro atoms. The molecular weight excluding hydrogens is 208 g/mol. The second-order valence-corrected chi connectivity index (χ2v) is 4.43. The summed E-state index contributed by atoms with van der Waals surface area (Å²) in [6.45, 7) is 0.452. The number of hydrogen-bond acceptors (Lipinski definition) is 4. The highest BCUT2D eigenvalue weighted by atomic mass is 16.6. The van der Waals surface area contributed by atoms with Crippen LogP contribution in [0.2, 0.25) is 0 Å². The van der Waals surface area contributed by atoms with Crippen molar-refractivity contribution in [3.05, 3.63) is 21.9 Å². The van der Waals surface area contributed by atoms with Crippen molar-refractivity contribution in [2.45, 2.75) is 37.5 Å². The minimum Gasteiger partial charge on any atom is -0.358 e. The van der Waals surface area contributed by atoms with Gasteiger partial charge in [-0.3, -0.25) is 0 Å². The first-order valence-corrected chi connectivity index (χ1v) is 5.58. The topological polar surface area (TPSA) is 97.8 Å². The van der Waals surface area contributed by atoms with Crippen LogP contribution >= 0.6 is 0 Å². The lowest BCUT2D eigenvalue weighted by atomic mass is 9.70. The van der Waals surface area contributed by atoms with Gasteiger partial charge in [-0.1, -0.05) is 24.4 Å². The van der Waals surface area contributed by atoms with Crippen molar-refractivity contribution in [3.8, 4) is 0 Å². The van der Waals surface area contributed by atoms with Crippen molar-refractivity contribution in [1.29, 1.82) is 0 Å². The van der Waals surface area contributed by atoms with Crippen molar-refractivity contribution in [3.63, 3.8) is 0 Å². The first-order chi connectivity index (χ1) is 7.69. The van der Waals surface area contributed by atoms with Crippen LogP contribution in [-0.4, -0.2) is 21.7 Å². The number of hydrogen-bond donors (Lipinski definition) is 2. The molecule has 0 amide bonds. The zero-order valence-electron chi connectivity index (χ0n) is 9.11. The van der Waals surface area contributed by atoms with Crippen LogP contribution in [0.25, 0.3) is 0 Å². The summed E-state index contributed by atoms with van der Waals surface area (Å²) in [6, 6.07) is 0. The van der Waals surface area contributed by atoms with Crippen molar-refractivity contribution in [1.82, 2.24) is 10.2 Å². The number of nitrogens with zero attached hydrogens (tertiary/aromatic N) is 2. The molecule has 6 nitrogen and oxygen atoms in total. The maximum atomic E-state index is 10.9. The Labute approximate surface area is 93.4 Å². The van der Waals surface area contributed by atoms with Crippen molar-refractivity contribution in [2.75, 3.05) is 6.54 Å². The normalized spacial score (nSPS) is 19.6. The number of H-pyrrole nitrogens is 1. The summed E-state index contributed by atoms with van der Waals surface area (Å²) in [5.41, 5.74) is 6.27. The summed E-state index contributed by atoms with van der Waals surface area (Å²) in [4.78, 5) is 10.5. The molecule has 0 unspecified atom stereocenters. The Morgan fingerprint density at radius 1 is 1.50 bits per heavy atom. The molecule has 1 saturated carbocycles. The smallest absolute Gasteiger partial charge is 0.346 e. The van der Waals surface area contributed by atoms with Gasteiger partial charge in [0, 0.05) is 12.0 Å². The van der Waals surface area contributed by atoms with Gasteiger partial charge in [-0.15, -0.1) is 5.10 Å². The Hall–Kier alpha value is -1.43. The van der Waals surface area contributed by atoms with E-state index < -0.39 is 4.92 Å². The molecule has 1 heterocycles. The standard InChI is InChI=1S/C10H16N4O2/c11-7-10(4-2-1-3-5-10)8-6-12-13-9(8)14(15)16/h6H,1-5,7,11H2,(H,12,13). The highest BCUT2D eigenvalue weighted by Gasteiger charge is 2.38. The number of aromatic nitrogens is 2. The summed E-state index contributed by atoms with van der Waals surface area (Å²) >= 11 is 0. The van der Waals surface area contributed by atoms with Gasteiger partial charge in [0.2, 0.25) is 0 Å². The number of nitro groups is 1. The first-order valence-electron chi connectivity index (χ1n) is 5.58. The summed E-state index contributed by atoms with van der Waals surface area (Å²) in [5, 5.41) is 17.1. The van der Waals surface area contributed by atoms with Crippen molar-refractivity contribution in [2.24, 2.45) is 5.73 Å². The SMILES string of the molecule is NCC1(c2cn[nH]c2[N+](=O)[O-])CCCCC1. The molecule has 0 saturated heterocycles. The Balaban J connectivity index is 2.39.